The number of hydrogen-bond acceptors (Lipinski definition) is 3. The van der Waals surface area contributed by atoms with Crippen LogP contribution in [0.1, 0.15) is 30.4 Å². The Morgan fingerprint density at radius 1 is 0.800 bits per heavy atom. The number of carbonyl (C=O) groups excluding carboxylic acids is 2. The first-order chi connectivity index (χ1) is 17.2. The fourth-order valence-corrected chi connectivity index (χ4v) is 4.63. The highest BCUT2D eigenvalue weighted by molar-refractivity contribution is 5.93. The smallest absolute Gasteiger partial charge is 0.227 e. The molecule has 2 amide bonds. The van der Waals surface area contributed by atoms with Gasteiger partial charge in [-0.2, -0.15) is 0 Å². The van der Waals surface area contributed by atoms with Crippen molar-refractivity contribution in [2.75, 3.05) is 31.1 Å². The molecule has 1 saturated heterocycles. The summed E-state index contributed by atoms with van der Waals surface area (Å²) in [5, 5.41) is 3.09. The van der Waals surface area contributed by atoms with Gasteiger partial charge in [0.1, 0.15) is 0 Å². The van der Waals surface area contributed by atoms with Crippen LogP contribution in [0.4, 0.5) is 5.69 Å². The lowest BCUT2D eigenvalue weighted by Crippen LogP contribution is -2.44. The number of hydrogen-bond donors (Lipinski definition) is 1. The first-order valence-electron chi connectivity index (χ1n) is 12.6. The summed E-state index contributed by atoms with van der Waals surface area (Å²) < 4.78 is 0. The van der Waals surface area contributed by atoms with Crippen molar-refractivity contribution in [3.05, 3.63) is 102 Å². The quantitative estimate of drug-likeness (QED) is 0.469. The van der Waals surface area contributed by atoms with E-state index in [0.717, 1.165) is 50.1 Å². The van der Waals surface area contributed by atoms with Crippen molar-refractivity contribution < 1.29 is 9.59 Å². The van der Waals surface area contributed by atoms with Gasteiger partial charge >= 0.3 is 0 Å². The van der Waals surface area contributed by atoms with Gasteiger partial charge in [0.25, 0.3) is 0 Å². The lowest BCUT2D eigenvalue weighted by molar-refractivity contribution is -0.126. The highest BCUT2D eigenvalue weighted by Gasteiger charge is 2.25. The summed E-state index contributed by atoms with van der Waals surface area (Å²) in [4.78, 5) is 30.1. The standard InChI is InChI=1S/C30H35N3O2/c34-29(17-16-25-10-4-1-5-11-25)33(28-14-8-3-9-15-28)23-22-32-20-18-27(19-21-32)30(35)31-24-26-12-6-2-7-13-26/h1-15,27H,16-24H2,(H,31,35). The van der Waals surface area contributed by atoms with Crippen molar-refractivity contribution in [1.82, 2.24) is 10.2 Å². The number of anilines is 1. The number of carbonyl (C=O) groups is 2. The van der Waals surface area contributed by atoms with E-state index >= 15 is 0 Å². The van der Waals surface area contributed by atoms with Crippen molar-refractivity contribution in [3.8, 4) is 0 Å². The third kappa shape index (κ3) is 7.52. The maximum absolute atomic E-state index is 13.2. The summed E-state index contributed by atoms with van der Waals surface area (Å²) >= 11 is 0. The normalized spacial score (nSPS) is 14.4. The fraction of sp³-hybridized carbons (Fsp3) is 0.333. The number of likely N-dealkylation sites (tertiary alicyclic amines) is 1. The van der Waals surface area contributed by atoms with Crippen LogP contribution in [0.3, 0.4) is 0 Å². The number of benzene rings is 3. The number of nitrogens with one attached hydrogen (secondary N) is 1. The van der Waals surface area contributed by atoms with Crippen molar-refractivity contribution in [2.24, 2.45) is 5.92 Å². The largest absolute Gasteiger partial charge is 0.352 e. The van der Waals surface area contributed by atoms with Gasteiger partial charge in [-0.25, -0.2) is 0 Å². The zero-order chi connectivity index (χ0) is 24.3. The molecule has 1 fully saturated rings. The number of para-hydroxylation sites is 1. The van der Waals surface area contributed by atoms with Gasteiger partial charge in [-0.3, -0.25) is 9.59 Å². The molecule has 3 aromatic rings. The predicted molar refractivity (Wildman–Crippen MR) is 141 cm³/mol. The Labute approximate surface area is 208 Å². The Morgan fingerprint density at radius 2 is 1.37 bits per heavy atom. The van der Waals surface area contributed by atoms with Gasteiger partial charge in [0.05, 0.1) is 0 Å². The molecule has 3 aromatic carbocycles. The molecular formula is C30H35N3O2. The van der Waals surface area contributed by atoms with Crippen LogP contribution in [0.25, 0.3) is 0 Å². The van der Waals surface area contributed by atoms with Crippen LogP contribution in [-0.2, 0) is 22.6 Å². The average molecular weight is 470 g/mol. The molecule has 1 aliphatic heterocycles. The molecule has 182 valence electrons. The second-order valence-corrected chi connectivity index (χ2v) is 9.19. The summed E-state index contributed by atoms with van der Waals surface area (Å²) in [7, 11) is 0. The van der Waals surface area contributed by atoms with E-state index in [1.54, 1.807) is 0 Å². The second-order valence-electron chi connectivity index (χ2n) is 9.19. The van der Waals surface area contributed by atoms with Gasteiger partial charge < -0.3 is 15.1 Å². The third-order valence-corrected chi connectivity index (χ3v) is 6.75. The van der Waals surface area contributed by atoms with Gasteiger partial charge in [-0.15, -0.1) is 0 Å². The molecule has 1 N–H and O–H groups in total. The number of nitrogens with zero attached hydrogens (tertiary/aromatic N) is 2. The molecule has 0 unspecified atom stereocenters. The molecule has 1 aliphatic rings. The van der Waals surface area contributed by atoms with E-state index in [1.165, 1.54) is 5.56 Å². The van der Waals surface area contributed by atoms with Gasteiger partial charge in [-0.05, 0) is 55.6 Å². The molecule has 0 spiro atoms. The topological polar surface area (TPSA) is 52.7 Å². The van der Waals surface area contributed by atoms with Crippen molar-refractivity contribution >= 4 is 17.5 Å². The third-order valence-electron chi connectivity index (χ3n) is 6.75. The van der Waals surface area contributed by atoms with Crippen molar-refractivity contribution in [1.29, 1.82) is 0 Å². The molecule has 5 heteroatoms. The molecule has 0 atom stereocenters. The number of piperidine rings is 1. The van der Waals surface area contributed by atoms with E-state index in [0.29, 0.717) is 19.5 Å². The molecule has 1 heterocycles. The minimum absolute atomic E-state index is 0.0627. The predicted octanol–water partition coefficient (Wildman–Crippen LogP) is 4.68. The minimum atomic E-state index is 0.0627. The number of rotatable bonds is 10. The molecule has 4 rings (SSSR count). The van der Waals surface area contributed by atoms with Crippen LogP contribution in [0.2, 0.25) is 0 Å². The minimum Gasteiger partial charge on any atom is -0.352 e. The van der Waals surface area contributed by atoms with E-state index in [9.17, 15) is 9.59 Å². The van der Waals surface area contributed by atoms with Crippen LogP contribution >= 0.6 is 0 Å². The molecule has 5 nitrogen and oxygen atoms in total. The molecule has 0 saturated carbocycles. The van der Waals surface area contributed by atoms with E-state index in [1.807, 2.05) is 83.8 Å². The van der Waals surface area contributed by atoms with Crippen LogP contribution in [0, 0.1) is 5.92 Å². The summed E-state index contributed by atoms with van der Waals surface area (Å²) in [6, 6.07) is 30.1. The molecule has 0 bridgehead atoms. The zero-order valence-electron chi connectivity index (χ0n) is 20.3. The SMILES string of the molecule is O=C(NCc1ccccc1)C1CCN(CCN(C(=O)CCc2ccccc2)c2ccccc2)CC1. The molecule has 35 heavy (non-hydrogen) atoms. The summed E-state index contributed by atoms with van der Waals surface area (Å²) in [6.07, 6.45) is 2.94. The number of aryl methyl sites for hydroxylation is 1. The van der Waals surface area contributed by atoms with E-state index in [2.05, 4.69) is 22.3 Å². The highest BCUT2D eigenvalue weighted by Crippen LogP contribution is 2.20. The highest BCUT2D eigenvalue weighted by atomic mass is 16.2. The Bertz CT molecular complexity index is 1050. The molecular weight excluding hydrogens is 434 g/mol. The maximum Gasteiger partial charge on any atom is 0.227 e. The fourth-order valence-electron chi connectivity index (χ4n) is 4.63. The van der Waals surface area contributed by atoms with Gasteiger partial charge in [0.2, 0.25) is 11.8 Å². The van der Waals surface area contributed by atoms with Crippen LogP contribution in [-0.4, -0.2) is 42.9 Å². The lowest BCUT2D eigenvalue weighted by Gasteiger charge is -2.33. The van der Waals surface area contributed by atoms with E-state index in [4.69, 9.17) is 0 Å². The zero-order valence-corrected chi connectivity index (χ0v) is 20.3. The average Bonchev–Trinajstić information content (AvgIpc) is 2.93. The van der Waals surface area contributed by atoms with Crippen molar-refractivity contribution in [3.63, 3.8) is 0 Å². The summed E-state index contributed by atoms with van der Waals surface area (Å²) in [5.41, 5.74) is 3.25. The molecule has 0 aliphatic carbocycles. The van der Waals surface area contributed by atoms with Crippen molar-refractivity contribution in [2.45, 2.75) is 32.2 Å². The van der Waals surface area contributed by atoms with Gasteiger partial charge in [0, 0.05) is 37.7 Å². The first kappa shape index (κ1) is 24.7. The van der Waals surface area contributed by atoms with E-state index < -0.39 is 0 Å². The summed E-state index contributed by atoms with van der Waals surface area (Å²) in [5.74, 6) is 0.360. The van der Waals surface area contributed by atoms with E-state index in [-0.39, 0.29) is 17.7 Å². The first-order valence-corrected chi connectivity index (χ1v) is 12.6. The molecule has 0 radical (unpaired) electrons. The summed E-state index contributed by atoms with van der Waals surface area (Å²) in [6.45, 7) is 3.80. The second kappa shape index (κ2) is 12.9. The van der Waals surface area contributed by atoms with Crippen LogP contribution in [0.15, 0.2) is 91.0 Å². The maximum atomic E-state index is 13.2. The lowest BCUT2D eigenvalue weighted by atomic mass is 9.96. The van der Waals surface area contributed by atoms with Crippen LogP contribution < -0.4 is 10.2 Å². The number of amides is 2. The Kier molecular flexibility index (Phi) is 9.07. The Balaban J connectivity index is 1.25. The Hall–Kier alpha value is -3.44. The Morgan fingerprint density at radius 3 is 2.00 bits per heavy atom. The van der Waals surface area contributed by atoms with Crippen LogP contribution in [0.5, 0.6) is 0 Å². The van der Waals surface area contributed by atoms with Gasteiger partial charge in [-0.1, -0.05) is 78.9 Å². The monoisotopic (exact) mass is 469 g/mol. The van der Waals surface area contributed by atoms with Gasteiger partial charge in [0.15, 0.2) is 0 Å². The molecule has 0 aromatic heterocycles.